The number of nitrogens with two attached hydrogens (primary N) is 1. The summed E-state index contributed by atoms with van der Waals surface area (Å²) < 4.78 is 34.8. The molecule has 1 aromatic carbocycles. The Kier molecular flexibility index (Phi) is 5.28. The number of hydrogen-bond acceptors (Lipinski definition) is 6. The number of guanidine groups is 1. The molecule has 9 heteroatoms. The van der Waals surface area contributed by atoms with Gasteiger partial charge in [-0.2, -0.15) is 8.78 Å². The number of aromatic nitrogens is 1. The summed E-state index contributed by atoms with van der Waals surface area (Å²) in [6.07, 6.45) is 3.16. The fourth-order valence-corrected chi connectivity index (χ4v) is 3.22. The van der Waals surface area contributed by atoms with Crippen LogP contribution in [0.25, 0.3) is 0 Å². The average Bonchev–Trinajstić information content (AvgIpc) is 2.88. The molecule has 0 radical (unpaired) electrons. The first kappa shape index (κ1) is 19.7. The van der Waals surface area contributed by atoms with Gasteiger partial charge >= 0.3 is 6.61 Å². The van der Waals surface area contributed by atoms with Crippen LogP contribution in [-0.2, 0) is 21.7 Å². The fraction of sp³-hybridized carbons (Fsp3) is 0.316. The van der Waals surface area contributed by atoms with E-state index in [1.54, 1.807) is 32.4 Å². The molecule has 7 nitrogen and oxygen atoms in total. The maximum atomic E-state index is 13.2. The van der Waals surface area contributed by atoms with Crippen molar-refractivity contribution in [3.63, 3.8) is 0 Å². The molecule has 0 saturated carbocycles. The van der Waals surface area contributed by atoms with E-state index in [-0.39, 0.29) is 17.6 Å². The van der Waals surface area contributed by atoms with Gasteiger partial charge in [0.1, 0.15) is 5.75 Å². The molecule has 1 unspecified atom stereocenters. The van der Waals surface area contributed by atoms with Crippen molar-refractivity contribution < 1.29 is 23.0 Å². The number of amides is 1. The Morgan fingerprint density at radius 1 is 1.25 bits per heavy atom. The summed E-state index contributed by atoms with van der Waals surface area (Å²) in [6, 6.07) is 6.28. The molecule has 0 spiro atoms. The molecule has 3 rings (SSSR count). The lowest BCUT2D eigenvalue weighted by atomic mass is 9.82. The Hall–Kier alpha value is -3.07. The van der Waals surface area contributed by atoms with Crippen molar-refractivity contribution in [1.82, 2.24) is 9.88 Å². The van der Waals surface area contributed by atoms with E-state index in [1.165, 1.54) is 30.3 Å². The Labute approximate surface area is 160 Å². The zero-order valence-electron chi connectivity index (χ0n) is 15.6. The van der Waals surface area contributed by atoms with Gasteiger partial charge in [-0.25, -0.2) is 4.99 Å². The number of benzene rings is 1. The van der Waals surface area contributed by atoms with Gasteiger partial charge < -0.3 is 15.2 Å². The zero-order chi connectivity index (χ0) is 20.5. The Morgan fingerprint density at radius 3 is 2.57 bits per heavy atom. The third kappa shape index (κ3) is 3.29. The number of nitrogens with zero attached hydrogens (tertiary/aromatic N) is 3. The van der Waals surface area contributed by atoms with Crippen LogP contribution in [0.15, 0.2) is 41.7 Å². The third-order valence-corrected chi connectivity index (χ3v) is 4.57. The topological polar surface area (TPSA) is 90.0 Å². The van der Waals surface area contributed by atoms with Crippen LogP contribution in [0.1, 0.15) is 22.3 Å². The normalized spacial score (nSPS) is 19.3. The van der Waals surface area contributed by atoms with E-state index in [9.17, 15) is 13.6 Å². The van der Waals surface area contributed by atoms with Crippen molar-refractivity contribution >= 4 is 11.9 Å². The second-order valence-corrected chi connectivity index (χ2v) is 6.42. The second kappa shape index (κ2) is 7.51. The van der Waals surface area contributed by atoms with Crippen molar-refractivity contribution in [2.24, 2.45) is 10.7 Å². The average molecular weight is 390 g/mol. The largest absolute Gasteiger partial charge is 0.435 e. The van der Waals surface area contributed by atoms with Crippen LogP contribution in [-0.4, -0.2) is 42.5 Å². The van der Waals surface area contributed by atoms with Crippen molar-refractivity contribution in [2.75, 3.05) is 14.2 Å². The van der Waals surface area contributed by atoms with Crippen molar-refractivity contribution in [3.05, 3.63) is 58.9 Å². The smallest absolute Gasteiger partial charge is 0.387 e. The lowest BCUT2D eigenvalue weighted by Gasteiger charge is -2.27. The molecule has 1 atom stereocenters. The summed E-state index contributed by atoms with van der Waals surface area (Å²) in [5.41, 5.74) is 6.63. The number of aryl methyl sites for hydroxylation is 1. The SMILES string of the molecule is COCc1cncc(C2(c3ccc(OC(F)F)c(C)c3)N=C(N)N(C)C2=O)c1. The summed E-state index contributed by atoms with van der Waals surface area (Å²) in [5.74, 6) is -0.299. The van der Waals surface area contributed by atoms with Gasteiger partial charge in [0, 0.05) is 32.1 Å². The molecular formula is C19H20F2N4O3. The van der Waals surface area contributed by atoms with Crippen LogP contribution < -0.4 is 10.5 Å². The Morgan fingerprint density at radius 2 is 2.00 bits per heavy atom. The number of alkyl halides is 2. The number of hydrogen-bond donors (Lipinski definition) is 1. The predicted octanol–water partition coefficient (Wildman–Crippen LogP) is 2.17. The van der Waals surface area contributed by atoms with Crippen LogP contribution in [0.5, 0.6) is 5.75 Å². The zero-order valence-corrected chi connectivity index (χ0v) is 15.6. The van der Waals surface area contributed by atoms with Crippen LogP contribution >= 0.6 is 0 Å². The van der Waals surface area contributed by atoms with Gasteiger partial charge in [-0.05, 0) is 41.8 Å². The molecule has 0 bridgehead atoms. The number of halogens is 2. The van der Waals surface area contributed by atoms with Gasteiger partial charge in [0.2, 0.25) is 0 Å². The first-order valence-corrected chi connectivity index (χ1v) is 8.42. The third-order valence-electron chi connectivity index (χ3n) is 4.57. The van der Waals surface area contributed by atoms with E-state index >= 15 is 0 Å². The van der Waals surface area contributed by atoms with Gasteiger partial charge in [-0.15, -0.1) is 0 Å². The van der Waals surface area contributed by atoms with Crippen molar-refractivity contribution in [1.29, 1.82) is 0 Å². The lowest BCUT2D eigenvalue weighted by Crippen LogP contribution is -2.41. The van der Waals surface area contributed by atoms with Crippen LogP contribution in [0.3, 0.4) is 0 Å². The quantitative estimate of drug-likeness (QED) is 0.817. The summed E-state index contributed by atoms with van der Waals surface area (Å²) in [4.78, 5) is 23.1. The molecule has 148 valence electrons. The minimum Gasteiger partial charge on any atom is -0.435 e. The number of ether oxygens (including phenoxy) is 2. The minimum absolute atomic E-state index is 0.0240. The van der Waals surface area contributed by atoms with Crippen LogP contribution in [0, 0.1) is 6.92 Å². The number of pyridine rings is 1. The number of aliphatic imine (C=N–C) groups is 1. The minimum atomic E-state index is -2.94. The van der Waals surface area contributed by atoms with Crippen LogP contribution in [0.4, 0.5) is 8.78 Å². The summed E-state index contributed by atoms with van der Waals surface area (Å²) in [6.45, 7) is -1.02. The second-order valence-electron chi connectivity index (χ2n) is 6.42. The van der Waals surface area contributed by atoms with Crippen LogP contribution in [0.2, 0.25) is 0 Å². The maximum absolute atomic E-state index is 13.2. The molecule has 2 aromatic rings. The van der Waals surface area contributed by atoms with Gasteiger partial charge in [-0.3, -0.25) is 14.7 Å². The monoisotopic (exact) mass is 390 g/mol. The summed E-state index contributed by atoms with van der Waals surface area (Å²) in [7, 11) is 3.08. The maximum Gasteiger partial charge on any atom is 0.387 e. The molecular weight excluding hydrogens is 370 g/mol. The molecule has 2 N–H and O–H groups in total. The van der Waals surface area contributed by atoms with E-state index in [2.05, 4.69) is 14.7 Å². The number of carbonyl (C=O) groups is 1. The standard InChI is InChI=1S/C19H20F2N4O3/c1-11-6-13(4-5-15(11)28-17(20)21)19(16(26)25(2)18(22)24-19)14-7-12(10-27-3)8-23-9-14/h4-9,17H,10H2,1-3H3,(H2,22,24). The van der Waals surface area contributed by atoms with Crippen molar-refractivity contribution in [3.8, 4) is 5.75 Å². The number of methoxy groups -OCH3 is 1. The van der Waals surface area contributed by atoms with E-state index < -0.39 is 12.2 Å². The van der Waals surface area contributed by atoms with Gasteiger partial charge in [0.25, 0.3) is 5.91 Å². The molecule has 0 saturated heterocycles. The molecule has 0 aliphatic carbocycles. The first-order valence-electron chi connectivity index (χ1n) is 8.42. The summed E-state index contributed by atoms with van der Waals surface area (Å²) >= 11 is 0. The predicted molar refractivity (Wildman–Crippen MR) is 97.9 cm³/mol. The molecule has 1 aliphatic heterocycles. The molecule has 2 heterocycles. The van der Waals surface area contributed by atoms with E-state index in [0.29, 0.717) is 23.3 Å². The lowest BCUT2D eigenvalue weighted by molar-refractivity contribution is -0.129. The Bertz CT molecular complexity index is 935. The van der Waals surface area contributed by atoms with Gasteiger partial charge in [-0.1, -0.05) is 6.07 Å². The highest BCUT2D eigenvalue weighted by molar-refractivity contribution is 6.08. The van der Waals surface area contributed by atoms with Gasteiger partial charge in [0.05, 0.1) is 6.61 Å². The fourth-order valence-electron chi connectivity index (χ4n) is 3.22. The highest BCUT2D eigenvalue weighted by Gasteiger charge is 2.50. The van der Waals surface area contributed by atoms with Crippen molar-refractivity contribution in [2.45, 2.75) is 25.7 Å². The van der Waals surface area contributed by atoms with E-state index in [4.69, 9.17) is 10.5 Å². The first-order chi connectivity index (χ1) is 13.3. The molecule has 1 aliphatic rings. The van der Waals surface area contributed by atoms with Gasteiger partial charge in [0.15, 0.2) is 11.5 Å². The van der Waals surface area contributed by atoms with E-state index in [0.717, 1.165) is 5.56 Å². The Balaban J connectivity index is 2.18. The highest BCUT2D eigenvalue weighted by Crippen LogP contribution is 2.40. The molecule has 1 aromatic heterocycles. The molecule has 0 fully saturated rings. The van der Waals surface area contributed by atoms with E-state index in [1.807, 2.05) is 0 Å². The molecule has 28 heavy (non-hydrogen) atoms. The number of likely N-dealkylation sites (N-methyl/N-ethyl adjacent to an activating group) is 1. The molecule has 1 amide bonds. The number of rotatable bonds is 6. The highest BCUT2D eigenvalue weighted by atomic mass is 19.3. The summed E-state index contributed by atoms with van der Waals surface area (Å²) in [5, 5.41) is 0. The number of carbonyl (C=O) groups excluding carboxylic acids is 1.